The van der Waals surface area contributed by atoms with Gasteiger partial charge in [0.2, 0.25) is 11.2 Å². The summed E-state index contributed by atoms with van der Waals surface area (Å²) < 4.78 is 17.4. The quantitative estimate of drug-likeness (QED) is 0.114. The average molecular weight is 669 g/mol. The fourth-order valence-corrected chi connectivity index (χ4v) is 10.5. The standard InChI is InChI=1S/C40H36N4O2S2/c1-5-43-29-11-7-9-13-31(29)45-39(43)37-35(41(37)3)27-19-21-33(25-17-15-23(25)27)47-48-34-22-20-28(24-16-18-26(24)34)36-38(42(36)4)40-44(6-2)30-12-8-10-14-32(30)46-40/h7-14,19-22H,5-6,15-18H2,1-4H3/q+2. The topological polar surface area (TPSA) is 40.1 Å². The highest BCUT2D eigenvalue weighted by molar-refractivity contribution is 8.76. The van der Waals surface area contributed by atoms with Gasteiger partial charge in [0.25, 0.3) is 11.0 Å². The van der Waals surface area contributed by atoms with Crippen molar-refractivity contribution in [1.29, 1.82) is 0 Å². The van der Waals surface area contributed by atoms with Crippen LogP contribution in [0.2, 0.25) is 0 Å². The number of aromatic nitrogens is 2. The van der Waals surface area contributed by atoms with E-state index in [0.29, 0.717) is 0 Å². The average Bonchev–Trinajstić information content (AvgIpc) is 3.80. The molecule has 0 N–H and O–H groups in total. The van der Waals surface area contributed by atoms with Crippen molar-refractivity contribution in [3.63, 3.8) is 0 Å². The van der Waals surface area contributed by atoms with Crippen LogP contribution >= 0.6 is 21.6 Å². The number of oxazole rings is 2. The second-order valence-corrected chi connectivity index (χ2v) is 15.3. The molecule has 0 amide bonds. The largest absolute Gasteiger partial charge is 0.400 e. The van der Waals surface area contributed by atoms with Gasteiger partial charge in [-0.05, 0) is 86.1 Å². The molecule has 0 spiro atoms. The van der Waals surface area contributed by atoms with Crippen LogP contribution in [0, 0.1) is 0 Å². The summed E-state index contributed by atoms with van der Waals surface area (Å²) in [4.78, 5) is 7.41. The first-order valence-corrected chi connectivity index (χ1v) is 19.2. The Hall–Kier alpha value is -4.40. The molecule has 2 aliphatic carbocycles. The molecule has 8 heteroatoms. The highest BCUT2D eigenvalue weighted by Crippen LogP contribution is 2.53. The molecule has 0 fully saturated rings. The van der Waals surface area contributed by atoms with E-state index in [1.165, 1.54) is 66.0 Å². The van der Waals surface area contributed by atoms with Crippen LogP contribution in [0.1, 0.15) is 59.0 Å². The molecular formula is C40H36N4O2S2+2. The van der Waals surface area contributed by atoms with Gasteiger partial charge >= 0.3 is 11.8 Å². The predicted octanol–water partition coefficient (Wildman–Crippen LogP) is 8.33. The molecule has 0 bridgehead atoms. The van der Waals surface area contributed by atoms with Crippen LogP contribution in [0.5, 0.6) is 0 Å². The summed E-state index contributed by atoms with van der Waals surface area (Å²) in [5.74, 6) is 1.92. The maximum Gasteiger partial charge on any atom is 0.400 e. The molecule has 48 heavy (non-hydrogen) atoms. The fraction of sp³-hybridized carbons (Fsp3) is 0.250. The molecule has 0 saturated heterocycles. The minimum absolute atomic E-state index is 0.877. The second kappa shape index (κ2) is 10.5. The Morgan fingerprint density at radius 3 is 1.35 bits per heavy atom. The molecule has 0 radical (unpaired) electrons. The zero-order valence-electron chi connectivity index (χ0n) is 27.6. The van der Waals surface area contributed by atoms with E-state index in [-0.39, 0.29) is 0 Å². The number of benzene rings is 4. The van der Waals surface area contributed by atoms with Gasteiger partial charge in [0, 0.05) is 47.1 Å². The van der Waals surface area contributed by atoms with E-state index in [1.54, 1.807) is 0 Å². The van der Waals surface area contributed by atoms with Gasteiger partial charge in [-0.2, -0.15) is 9.13 Å². The molecule has 6 nitrogen and oxygen atoms in total. The van der Waals surface area contributed by atoms with Crippen molar-refractivity contribution in [1.82, 2.24) is 9.80 Å². The molecule has 4 aliphatic rings. The Labute approximate surface area is 287 Å². The maximum atomic E-state index is 6.39. The van der Waals surface area contributed by atoms with Gasteiger partial charge in [-0.1, -0.05) is 58.0 Å². The number of nitrogens with zero attached hydrogens (tertiary/aromatic N) is 4. The molecule has 0 atom stereocenters. The number of hydrogen-bond donors (Lipinski definition) is 0. The normalized spacial score (nSPS) is 16.1. The lowest BCUT2D eigenvalue weighted by Gasteiger charge is -2.27. The first-order chi connectivity index (χ1) is 23.6. The lowest BCUT2D eigenvalue weighted by atomic mass is 9.84. The van der Waals surface area contributed by atoms with Gasteiger partial charge in [0.15, 0.2) is 11.4 Å². The zero-order chi connectivity index (χ0) is 32.3. The minimum Gasteiger partial charge on any atom is -0.396 e. The molecule has 2 aliphatic heterocycles. The number of hydrogen-bond acceptors (Lipinski definition) is 6. The van der Waals surface area contributed by atoms with E-state index in [1.807, 2.05) is 33.7 Å². The number of rotatable bonds is 9. The highest BCUT2D eigenvalue weighted by Gasteiger charge is 2.45. The molecular weight excluding hydrogens is 633 g/mol. The second-order valence-electron chi connectivity index (χ2n) is 13.1. The molecule has 6 aromatic rings. The Morgan fingerprint density at radius 2 is 0.958 bits per heavy atom. The molecule has 10 rings (SSSR count). The van der Waals surface area contributed by atoms with E-state index in [0.717, 1.165) is 72.8 Å². The van der Waals surface area contributed by atoms with Crippen molar-refractivity contribution in [3.8, 4) is 0 Å². The van der Waals surface area contributed by atoms with Gasteiger partial charge in [0.05, 0.1) is 11.4 Å². The van der Waals surface area contributed by atoms with E-state index in [9.17, 15) is 0 Å². The van der Waals surface area contributed by atoms with Crippen LogP contribution in [0.4, 0.5) is 0 Å². The van der Waals surface area contributed by atoms with Crippen molar-refractivity contribution in [2.24, 2.45) is 0 Å². The summed E-state index contributed by atoms with van der Waals surface area (Å²) in [6.07, 6.45) is 4.58. The van der Waals surface area contributed by atoms with Crippen LogP contribution in [0.3, 0.4) is 0 Å². The Kier molecular flexibility index (Phi) is 6.28. The van der Waals surface area contributed by atoms with Crippen molar-refractivity contribution in [3.05, 3.63) is 118 Å². The summed E-state index contributed by atoms with van der Waals surface area (Å²) in [6.45, 7) is 6.13. The Bertz CT molecular complexity index is 2260. The summed E-state index contributed by atoms with van der Waals surface area (Å²) in [6, 6.07) is 26.1. The summed E-state index contributed by atoms with van der Waals surface area (Å²) in [5, 5.41) is 0. The monoisotopic (exact) mass is 668 g/mol. The van der Waals surface area contributed by atoms with Crippen LogP contribution in [0.15, 0.2) is 91.4 Å². The van der Waals surface area contributed by atoms with Crippen molar-refractivity contribution < 1.29 is 18.0 Å². The predicted molar refractivity (Wildman–Crippen MR) is 193 cm³/mol. The van der Waals surface area contributed by atoms with Gasteiger partial charge in [0.1, 0.15) is 13.1 Å². The smallest absolute Gasteiger partial charge is 0.396 e. The third kappa shape index (κ3) is 4.02. The number of para-hydroxylation sites is 4. The van der Waals surface area contributed by atoms with E-state index in [4.69, 9.17) is 8.83 Å². The van der Waals surface area contributed by atoms with Crippen molar-refractivity contribution in [2.75, 3.05) is 14.1 Å². The van der Waals surface area contributed by atoms with Gasteiger partial charge in [-0.25, -0.2) is 0 Å². The number of fused-ring (bicyclic) bond motifs is 4. The first-order valence-electron chi connectivity index (χ1n) is 17.0. The van der Waals surface area contributed by atoms with E-state index >= 15 is 0 Å². The lowest BCUT2D eigenvalue weighted by molar-refractivity contribution is -0.675. The zero-order valence-corrected chi connectivity index (χ0v) is 29.2. The van der Waals surface area contributed by atoms with Crippen LogP contribution < -0.4 is 9.13 Å². The molecule has 4 aromatic carbocycles. The molecule has 2 aromatic heterocycles. The fourth-order valence-electron chi connectivity index (χ4n) is 7.95. The molecule has 4 heterocycles. The molecule has 238 valence electrons. The third-order valence-electron chi connectivity index (χ3n) is 10.7. The summed E-state index contributed by atoms with van der Waals surface area (Å²) in [7, 11) is 8.19. The van der Waals surface area contributed by atoms with Gasteiger partial charge < -0.3 is 18.6 Å². The van der Waals surface area contributed by atoms with Gasteiger partial charge in [-0.15, -0.1) is 0 Å². The van der Waals surface area contributed by atoms with E-state index in [2.05, 4.69) is 108 Å². The van der Waals surface area contributed by atoms with Gasteiger partial charge in [-0.3, -0.25) is 0 Å². The third-order valence-corrected chi connectivity index (χ3v) is 13.2. The maximum absolute atomic E-state index is 6.39. The van der Waals surface area contributed by atoms with Crippen LogP contribution in [0.25, 0.3) is 45.0 Å². The Balaban J connectivity index is 0.919. The number of aryl methyl sites for hydroxylation is 2. The van der Waals surface area contributed by atoms with Crippen molar-refractivity contribution in [2.45, 2.75) is 62.4 Å². The summed E-state index contributed by atoms with van der Waals surface area (Å²) in [5.41, 5.74) is 18.0. The SMILES string of the molecule is CC[n+]1c(C2=C(c3ccc(SSc4ccc(C5=C(c6oc7ccccc7[n+]6CC)N5C)c5c4CC5)c4c3CC4)N2C)oc2ccccc21. The lowest BCUT2D eigenvalue weighted by Crippen LogP contribution is -2.34. The van der Waals surface area contributed by atoms with Crippen molar-refractivity contribution >= 4 is 66.6 Å². The molecule has 0 unspecified atom stereocenters. The van der Waals surface area contributed by atoms with Crippen LogP contribution in [-0.2, 0) is 38.8 Å². The Morgan fingerprint density at radius 1 is 0.542 bits per heavy atom. The summed E-state index contributed by atoms with van der Waals surface area (Å²) >= 11 is 0. The van der Waals surface area contributed by atoms with Crippen LogP contribution in [-0.4, -0.2) is 23.9 Å². The molecule has 0 saturated carbocycles. The minimum atomic E-state index is 0.877. The first kappa shape index (κ1) is 28.6. The highest BCUT2D eigenvalue weighted by atomic mass is 33.1. The van der Waals surface area contributed by atoms with E-state index < -0.39 is 0 Å².